The van der Waals surface area contributed by atoms with Crippen LogP contribution in [0.25, 0.3) is 10.8 Å². The number of hydrogen-bond donors (Lipinski definition) is 0. The normalized spacial score (nSPS) is 18.3. The molecule has 1 saturated heterocycles. The van der Waals surface area contributed by atoms with E-state index < -0.39 is 8.07 Å². The Morgan fingerprint density at radius 1 is 0.875 bits per heavy atom. The van der Waals surface area contributed by atoms with Crippen LogP contribution in [0.5, 0.6) is 0 Å². The molecule has 0 unspecified atom stereocenters. The van der Waals surface area contributed by atoms with Gasteiger partial charge in [0, 0.05) is 17.6 Å². The molecular weight excluding hydrogens is 407 g/mol. The fraction of sp³-hybridized carbons (Fsp3) is 0.571. The lowest BCUT2D eigenvalue weighted by Gasteiger charge is -2.47. The van der Waals surface area contributed by atoms with Crippen LogP contribution in [0.3, 0.4) is 0 Å². The second-order valence-electron chi connectivity index (χ2n) is 11.6. The first-order valence-corrected chi connectivity index (χ1v) is 14.4. The van der Waals surface area contributed by atoms with Crippen molar-refractivity contribution < 1.29 is 9.31 Å². The third kappa shape index (κ3) is 4.32. The van der Waals surface area contributed by atoms with Crippen LogP contribution < -0.4 is 5.46 Å². The van der Waals surface area contributed by atoms with Gasteiger partial charge in [0.25, 0.3) is 0 Å². The molecule has 0 amide bonds. The summed E-state index contributed by atoms with van der Waals surface area (Å²) in [5, 5.41) is 2.36. The first-order chi connectivity index (χ1) is 14.8. The van der Waals surface area contributed by atoms with Gasteiger partial charge in [-0.1, -0.05) is 91.6 Å². The molecule has 0 aliphatic carbocycles. The van der Waals surface area contributed by atoms with Crippen LogP contribution in [0.2, 0.25) is 16.6 Å². The van der Waals surface area contributed by atoms with Crippen molar-refractivity contribution in [2.75, 3.05) is 6.61 Å². The molecule has 3 rings (SSSR count). The molecule has 32 heavy (non-hydrogen) atoms. The third-order valence-electron chi connectivity index (χ3n) is 8.10. The summed E-state index contributed by atoms with van der Waals surface area (Å²) < 4.78 is 12.8. The minimum Gasteiger partial charge on any atom is -0.407 e. The molecule has 2 aromatic rings. The molecule has 0 radical (unpaired) electrons. The van der Waals surface area contributed by atoms with Gasteiger partial charge in [0.05, 0.1) is 5.60 Å². The first kappa shape index (κ1) is 25.1. The summed E-state index contributed by atoms with van der Waals surface area (Å²) >= 11 is 0. The lowest BCUT2D eigenvalue weighted by atomic mass is 9.68. The molecule has 2 nitrogen and oxygen atoms in total. The maximum absolute atomic E-state index is 6.54. The highest BCUT2D eigenvalue weighted by Gasteiger charge is 2.47. The van der Waals surface area contributed by atoms with Crippen LogP contribution in [-0.4, -0.2) is 27.4 Å². The number of rotatable bonds is 4. The lowest BCUT2D eigenvalue weighted by molar-refractivity contribution is -0.0936. The molecule has 172 valence electrons. The van der Waals surface area contributed by atoms with E-state index in [2.05, 4.69) is 117 Å². The SMILES string of the molecule is CC(C)[Si](C#Cc1cccc2cccc(B3OCC(C)(C)C(C)(C)O3)c12)(C(C)C)C(C)C. The van der Waals surface area contributed by atoms with Crippen molar-refractivity contribution in [2.45, 2.75) is 91.5 Å². The van der Waals surface area contributed by atoms with E-state index >= 15 is 0 Å². The minimum absolute atomic E-state index is 0.0479. The summed E-state index contributed by atoms with van der Waals surface area (Å²) in [6, 6.07) is 12.9. The first-order valence-electron chi connectivity index (χ1n) is 12.2. The molecule has 0 spiro atoms. The Morgan fingerprint density at radius 2 is 1.44 bits per heavy atom. The second-order valence-corrected chi connectivity index (χ2v) is 17.1. The van der Waals surface area contributed by atoms with Gasteiger partial charge in [-0.05, 0) is 52.8 Å². The van der Waals surface area contributed by atoms with Crippen molar-refractivity contribution in [1.29, 1.82) is 0 Å². The molecule has 0 saturated carbocycles. The van der Waals surface area contributed by atoms with Gasteiger partial charge >= 0.3 is 7.12 Å². The summed E-state index contributed by atoms with van der Waals surface area (Å²) in [4.78, 5) is 0. The molecule has 0 N–H and O–H groups in total. The van der Waals surface area contributed by atoms with Gasteiger partial charge in [-0.2, -0.15) is 0 Å². The fourth-order valence-electron chi connectivity index (χ4n) is 5.35. The fourth-order valence-corrected chi connectivity index (χ4v) is 10.6. The van der Waals surface area contributed by atoms with E-state index in [0.717, 1.165) is 11.0 Å². The van der Waals surface area contributed by atoms with Gasteiger partial charge in [-0.15, -0.1) is 5.54 Å². The highest BCUT2D eigenvalue weighted by Crippen LogP contribution is 2.41. The standard InChI is InChI=1S/C28H41BO2Si/c1-20(2)32(21(3)4,22(5)6)18-17-24-14-11-13-23-15-12-16-25(26(23)24)29-30-19-27(7,8)28(9,10)31-29/h11-16,20-22H,19H2,1-10H3. The van der Waals surface area contributed by atoms with E-state index in [1.54, 1.807) is 0 Å². The molecule has 0 atom stereocenters. The molecule has 0 bridgehead atoms. The Bertz CT molecular complexity index is 1000. The summed E-state index contributed by atoms with van der Waals surface area (Å²) in [6.07, 6.45) is 0. The van der Waals surface area contributed by atoms with Crippen LogP contribution in [-0.2, 0) is 9.31 Å². The molecule has 1 aliphatic rings. The van der Waals surface area contributed by atoms with E-state index in [9.17, 15) is 0 Å². The van der Waals surface area contributed by atoms with Gasteiger partial charge in [-0.3, -0.25) is 0 Å². The Morgan fingerprint density at radius 3 is 1.97 bits per heavy atom. The van der Waals surface area contributed by atoms with Gasteiger partial charge in [0.1, 0.15) is 8.07 Å². The van der Waals surface area contributed by atoms with Gasteiger partial charge in [0.15, 0.2) is 0 Å². The Balaban J connectivity index is 2.16. The van der Waals surface area contributed by atoms with Crippen LogP contribution >= 0.6 is 0 Å². The smallest absolute Gasteiger partial charge is 0.407 e. The summed E-state index contributed by atoms with van der Waals surface area (Å²) in [6.45, 7) is 23.6. The zero-order valence-corrected chi connectivity index (χ0v) is 22.8. The maximum Gasteiger partial charge on any atom is 0.494 e. The predicted octanol–water partition coefficient (Wildman–Crippen LogP) is 6.96. The monoisotopic (exact) mass is 448 g/mol. The van der Waals surface area contributed by atoms with E-state index in [4.69, 9.17) is 9.31 Å². The van der Waals surface area contributed by atoms with Gasteiger partial charge in [0.2, 0.25) is 0 Å². The molecule has 1 heterocycles. The summed E-state index contributed by atoms with van der Waals surface area (Å²) in [7, 11) is -2.20. The number of fused-ring (bicyclic) bond motifs is 1. The van der Waals surface area contributed by atoms with Gasteiger partial charge in [-0.25, -0.2) is 0 Å². The molecule has 1 aliphatic heterocycles. The Hall–Kier alpha value is -1.54. The van der Waals surface area contributed by atoms with Crippen molar-refractivity contribution in [3.05, 3.63) is 42.0 Å². The van der Waals surface area contributed by atoms with Gasteiger partial charge < -0.3 is 9.31 Å². The number of hydrogen-bond acceptors (Lipinski definition) is 2. The van der Waals surface area contributed by atoms with Crippen molar-refractivity contribution in [1.82, 2.24) is 0 Å². The quantitative estimate of drug-likeness (QED) is 0.372. The average molecular weight is 449 g/mol. The minimum atomic E-state index is -1.82. The highest BCUT2D eigenvalue weighted by atomic mass is 28.3. The zero-order valence-electron chi connectivity index (χ0n) is 21.8. The van der Waals surface area contributed by atoms with Crippen molar-refractivity contribution in [2.24, 2.45) is 5.41 Å². The maximum atomic E-state index is 6.54. The van der Waals surface area contributed by atoms with Crippen LogP contribution in [0.4, 0.5) is 0 Å². The van der Waals surface area contributed by atoms with Crippen molar-refractivity contribution in [3.63, 3.8) is 0 Å². The summed E-state index contributed by atoms with van der Waals surface area (Å²) in [5.74, 6) is 3.69. The van der Waals surface area contributed by atoms with E-state index in [0.29, 0.717) is 23.2 Å². The van der Waals surface area contributed by atoms with Crippen LogP contribution in [0.1, 0.15) is 74.8 Å². The molecular formula is C28H41BO2Si. The number of benzene rings is 2. The zero-order chi connectivity index (χ0) is 23.9. The highest BCUT2D eigenvalue weighted by molar-refractivity contribution is 6.90. The topological polar surface area (TPSA) is 18.5 Å². The average Bonchev–Trinajstić information content (AvgIpc) is 2.69. The Labute approximate surface area is 197 Å². The third-order valence-corrected chi connectivity index (χ3v) is 14.4. The molecule has 2 aromatic carbocycles. The molecule has 0 aromatic heterocycles. The van der Waals surface area contributed by atoms with Crippen molar-refractivity contribution >= 4 is 31.4 Å². The second kappa shape index (κ2) is 9.01. The Kier molecular flexibility index (Phi) is 7.07. The lowest BCUT2D eigenvalue weighted by Crippen LogP contribution is -2.58. The summed E-state index contributed by atoms with van der Waals surface area (Å²) in [5.41, 5.74) is 7.58. The predicted molar refractivity (Wildman–Crippen MR) is 142 cm³/mol. The van der Waals surface area contributed by atoms with E-state index in [1.807, 2.05) is 0 Å². The van der Waals surface area contributed by atoms with Crippen LogP contribution in [0, 0.1) is 16.9 Å². The van der Waals surface area contributed by atoms with E-state index in [1.165, 1.54) is 10.8 Å². The van der Waals surface area contributed by atoms with E-state index in [-0.39, 0.29) is 18.1 Å². The molecule has 1 fully saturated rings. The van der Waals surface area contributed by atoms with Crippen molar-refractivity contribution in [3.8, 4) is 11.5 Å². The van der Waals surface area contributed by atoms with Crippen LogP contribution in [0.15, 0.2) is 36.4 Å². The largest absolute Gasteiger partial charge is 0.494 e. The molecule has 4 heteroatoms.